The van der Waals surface area contributed by atoms with Crippen LogP contribution in [0.3, 0.4) is 0 Å². The Hall–Kier alpha value is -2.08. The zero-order valence-corrected chi connectivity index (χ0v) is 11.9. The SMILES string of the molecule is COCCNC(=O)C(C)OC(=O)c1cccc(N)c1C. The monoisotopic (exact) mass is 280 g/mol. The molecule has 1 aromatic rings. The van der Waals surface area contributed by atoms with E-state index in [0.29, 0.717) is 30.0 Å². The maximum Gasteiger partial charge on any atom is 0.339 e. The van der Waals surface area contributed by atoms with E-state index in [-0.39, 0.29) is 5.91 Å². The van der Waals surface area contributed by atoms with Crippen LogP contribution in [0.25, 0.3) is 0 Å². The van der Waals surface area contributed by atoms with Crippen molar-refractivity contribution in [2.75, 3.05) is 26.0 Å². The van der Waals surface area contributed by atoms with Crippen LogP contribution < -0.4 is 11.1 Å². The van der Waals surface area contributed by atoms with E-state index >= 15 is 0 Å². The number of benzene rings is 1. The number of methoxy groups -OCH3 is 1. The van der Waals surface area contributed by atoms with Crippen molar-refractivity contribution in [2.24, 2.45) is 0 Å². The van der Waals surface area contributed by atoms with Crippen LogP contribution in [0.15, 0.2) is 18.2 Å². The maximum absolute atomic E-state index is 12.0. The Kier molecular flexibility index (Phi) is 5.99. The summed E-state index contributed by atoms with van der Waals surface area (Å²) in [5, 5.41) is 2.60. The van der Waals surface area contributed by atoms with Crippen LogP contribution in [0.2, 0.25) is 0 Å². The Labute approximate surface area is 118 Å². The number of esters is 1. The molecule has 0 fully saturated rings. The summed E-state index contributed by atoms with van der Waals surface area (Å²) in [5.74, 6) is -0.929. The van der Waals surface area contributed by atoms with Gasteiger partial charge in [0.25, 0.3) is 5.91 Å². The van der Waals surface area contributed by atoms with E-state index in [0.717, 1.165) is 0 Å². The minimum Gasteiger partial charge on any atom is -0.449 e. The zero-order valence-electron chi connectivity index (χ0n) is 11.9. The molecule has 6 nitrogen and oxygen atoms in total. The number of amides is 1. The highest BCUT2D eigenvalue weighted by atomic mass is 16.5. The van der Waals surface area contributed by atoms with Crippen molar-refractivity contribution >= 4 is 17.6 Å². The summed E-state index contributed by atoms with van der Waals surface area (Å²) >= 11 is 0. The predicted octanol–water partition coefficient (Wildman–Crippen LogP) is 0.885. The molecule has 0 radical (unpaired) electrons. The normalized spacial score (nSPS) is 11.8. The van der Waals surface area contributed by atoms with Gasteiger partial charge >= 0.3 is 5.97 Å². The summed E-state index contributed by atoms with van der Waals surface area (Å²) in [6.45, 7) is 4.02. The first-order valence-corrected chi connectivity index (χ1v) is 6.30. The van der Waals surface area contributed by atoms with E-state index in [9.17, 15) is 9.59 Å². The van der Waals surface area contributed by atoms with E-state index in [1.165, 1.54) is 14.0 Å². The molecule has 1 amide bonds. The van der Waals surface area contributed by atoms with Gasteiger partial charge in [0.1, 0.15) is 0 Å². The molecule has 1 rings (SSSR count). The summed E-state index contributed by atoms with van der Waals surface area (Å²) in [6.07, 6.45) is -0.875. The highest BCUT2D eigenvalue weighted by Gasteiger charge is 2.20. The first kappa shape index (κ1) is 16.0. The third-order valence-corrected chi connectivity index (χ3v) is 2.85. The molecule has 1 atom stereocenters. The summed E-state index contributed by atoms with van der Waals surface area (Å²) in [7, 11) is 1.54. The molecule has 0 bridgehead atoms. The average molecular weight is 280 g/mol. The largest absolute Gasteiger partial charge is 0.449 e. The Morgan fingerprint density at radius 2 is 2.10 bits per heavy atom. The van der Waals surface area contributed by atoms with E-state index in [1.807, 2.05) is 0 Å². The third kappa shape index (κ3) is 4.24. The Bertz CT molecular complexity index is 488. The van der Waals surface area contributed by atoms with Gasteiger partial charge in [0, 0.05) is 19.3 Å². The molecule has 0 heterocycles. The molecule has 0 aromatic heterocycles. The van der Waals surface area contributed by atoms with Crippen LogP contribution in [0.4, 0.5) is 5.69 Å². The summed E-state index contributed by atoms with van der Waals surface area (Å²) in [5.41, 5.74) is 7.25. The number of rotatable bonds is 6. The van der Waals surface area contributed by atoms with Crippen molar-refractivity contribution in [1.82, 2.24) is 5.32 Å². The summed E-state index contributed by atoms with van der Waals surface area (Å²) in [6, 6.07) is 4.98. The van der Waals surface area contributed by atoms with Crippen LogP contribution in [-0.2, 0) is 14.3 Å². The number of ether oxygens (including phenoxy) is 2. The molecule has 6 heteroatoms. The molecule has 1 unspecified atom stereocenters. The van der Waals surface area contributed by atoms with Crippen molar-refractivity contribution in [2.45, 2.75) is 20.0 Å². The fourth-order valence-electron chi connectivity index (χ4n) is 1.57. The molecule has 20 heavy (non-hydrogen) atoms. The lowest BCUT2D eigenvalue weighted by Gasteiger charge is -2.14. The van der Waals surface area contributed by atoms with Gasteiger partial charge in [-0.3, -0.25) is 4.79 Å². The Morgan fingerprint density at radius 3 is 2.75 bits per heavy atom. The lowest BCUT2D eigenvalue weighted by Crippen LogP contribution is -2.37. The van der Waals surface area contributed by atoms with Gasteiger partial charge in [-0.05, 0) is 31.5 Å². The molecule has 0 saturated heterocycles. The van der Waals surface area contributed by atoms with Crippen LogP contribution in [0, 0.1) is 6.92 Å². The lowest BCUT2D eigenvalue weighted by atomic mass is 10.1. The smallest absolute Gasteiger partial charge is 0.339 e. The van der Waals surface area contributed by atoms with E-state index in [2.05, 4.69) is 5.32 Å². The molecular formula is C14H20N2O4. The van der Waals surface area contributed by atoms with Gasteiger partial charge in [-0.15, -0.1) is 0 Å². The van der Waals surface area contributed by atoms with Gasteiger partial charge in [0.2, 0.25) is 0 Å². The Balaban J connectivity index is 2.61. The lowest BCUT2D eigenvalue weighted by molar-refractivity contribution is -0.129. The fourth-order valence-corrected chi connectivity index (χ4v) is 1.57. The number of carbonyl (C=O) groups excluding carboxylic acids is 2. The fraction of sp³-hybridized carbons (Fsp3) is 0.429. The molecule has 110 valence electrons. The van der Waals surface area contributed by atoms with E-state index < -0.39 is 12.1 Å². The zero-order chi connectivity index (χ0) is 15.1. The first-order valence-electron chi connectivity index (χ1n) is 6.30. The van der Waals surface area contributed by atoms with Crippen molar-refractivity contribution in [3.05, 3.63) is 29.3 Å². The molecular weight excluding hydrogens is 260 g/mol. The van der Waals surface area contributed by atoms with Gasteiger partial charge in [0.05, 0.1) is 12.2 Å². The topological polar surface area (TPSA) is 90.6 Å². The van der Waals surface area contributed by atoms with E-state index in [1.54, 1.807) is 25.1 Å². The molecule has 0 aliphatic heterocycles. The number of carbonyl (C=O) groups is 2. The second-order valence-electron chi connectivity index (χ2n) is 4.35. The number of nitrogens with one attached hydrogen (secondary N) is 1. The van der Waals surface area contributed by atoms with Gasteiger partial charge in [-0.2, -0.15) is 0 Å². The second kappa shape index (κ2) is 7.49. The minimum absolute atomic E-state index is 0.363. The van der Waals surface area contributed by atoms with Crippen LogP contribution in [0.5, 0.6) is 0 Å². The summed E-state index contributed by atoms with van der Waals surface area (Å²) in [4.78, 5) is 23.6. The number of hydrogen-bond donors (Lipinski definition) is 2. The minimum atomic E-state index is -0.875. The molecule has 0 saturated carbocycles. The number of hydrogen-bond acceptors (Lipinski definition) is 5. The van der Waals surface area contributed by atoms with E-state index in [4.69, 9.17) is 15.2 Å². The maximum atomic E-state index is 12.0. The highest BCUT2D eigenvalue weighted by molar-refractivity contribution is 5.94. The van der Waals surface area contributed by atoms with Crippen LogP contribution in [-0.4, -0.2) is 38.2 Å². The highest BCUT2D eigenvalue weighted by Crippen LogP contribution is 2.16. The number of nitrogen functional groups attached to an aromatic ring is 1. The average Bonchev–Trinajstić information content (AvgIpc) is 2.41. The van der Waals surface area contributed by atoms with Gasteiger partial charge < -0.3 is 20.5 Å². The van der Waals surface area contributed by atoms with Gasteiger partial charge in [-0.1, -0.05) is 6.07 Å². The first-order chi connectivity index (χ1) is 9.47. The Morgan fingerprint density at radius 1 is 1.40 bits per heavy atom. The molecule has 0 spiro atoms. The van der Waals surface area contributed by atoms with Crippen molar-refractivity contribution < 1.29 is 19.1 Å². The van der Waals surface area contributed by atoms with Gasteiger partial charge in [0.15, 0.2) is 6.10 Å². The van der Waals surface area contributed by atoms with Crippen molar-refractivity contribution in [3.8, 4) is 0 Å². The molecule has 0 aliphatic rings. The number of anilines is 1. The van der Waals surface area contributed by atoms with Crippen molar-refractivity contribution in [3.63, 3.8) is 0 Å². The van der Waals surface area contributed by atoms with Gasteiger partial charge in [-0.25, -0.2) is 4.79 Å². The number of nitrogens with two attached hydrogens (primary N) is 1. The summed E-state index contributed by atoms with van der Waals surface area (Å²) < 4.78 is 9.93. The van der Waals surface area contributed by atoms with Crippen LogP contribution >= 0.6 is 0 Å². The molecule has 0 aliphatic carbocycles. The third-order valence-electron chi connectivity index (χ3n) is 2.85. The molecule has 1 aromatic carbocycles. The molecule has 3 N–H and O–H groups in total. The van der Waals surface area contributed by atoms with Crippen LogP contribution in [0.1, 0.15) is 22.8 Å². The second-order valence-corrected chi connectivity index (χ2v) is 4.35. The van der Waals surface area contributed by atoms with Crippen molar-refractivity contribution in [1.29, 1.82) is 0 Å². The standard InChI is InChI=1S/C14H20N2O4/c1-9-11(5-4-6-12(9)15)14(18)20-10(2)13(17)16-7-8-19-3/h4-6,10H,7-8,15H2,1-3H3,(H,16,17). The quantitative estimate of drug-likeness (QED) is 0.459. The predicted molar refractivity (Wildman–Crippen MR) is 75.4 cm³/mol.